The van der Waals surface area contributed by atoms with Crippen molar-refractivity contribution in [2.75, 3.05) is 44.8 Å². The maximum atomic E-state index is 12.9. The zero-order valence-electron chi connectivity index (χ0n) is 16.7. The van der Waals surface area contributed by atoms with Gasteiger partial charge in [-0.2, -0.15) is 4.89 Å². The molecule has 6 heteroatoms. The Morgan fingerprint density at radius 1 is 1.17 bits per heavy atom. The zero-order chi connectivity index (χ0) is 19.8. The summed E-state index contributed by atoms with van der Waals surface area (Å²) < 4.78 is 5.33. The molecular formula is C23H26N2O4. The number of rotatable bonds is 4. The summed E-state index contributed by atoms with van der Waals surface area (Å²) in [6.45, 7) is 3.79. The van der Waals surface area contributed by atoms with Gasteiger partial charge in [0, 0.05) is 50.3 Å². The Morgan fingerprint density at radius 3 is 2.86 bits per heavy atom. The molecule has 2 aliphatic heterocycles. The van der Waals surface area contributed by atoms with Gasteiger partial charge in [0.25, 0.3) is 0 Å². The van der Waals surface area contributed by atoms with Crippen molar-refractivity contribution in [2.24, 2.45) is 0 Å². The summed E-state index contributed by atoms with van der Waals surface area (Å²) in [4.78, 5) is 27.7. The highest BCUT2D eigenvalue weighted by atomic mass is 17.2. The van der Waals surface area contributed by atoms with Crippen LogP contribution >= 0.6 is 0 Å². The van der Waals surface area contributed by atoms with Gasteiger partial charge in [-0.3, -0.25) is 4.79 Å². The van der Waals surface area contributed by atoms with E-state index in [9.17, 15) is 4.79 Å². The van der Waals surface area contributed by atoms with Crippen molar-refractivity contribution in [3.63, 3.8) is 0 Å². The van der Waals surface area contributed by atoms with Gasteiger partial charge in [0.1, 0.15) is 5.75 Å². The van der Waals surface area contributed by atoms with E-state index in [-0.39, 0.29) is 5.91 Å². The molecule has 0 aromatic heterocycles. The number of benzene rings is 2. The molecule has 1 atom stereocenters. The van der Waals surface area contributed by atoms with E-state index < -0.39 is 0 Å². The molecule has 1 saturated heterocycles. The first-order valence-electron chi connectivity index (χ1n) is 10.3. The third-order valence-electron chi connectivity index (χ3n) is 6.35. The van der Waals surface area contributed by atoms with Crippen LogP contribution in [-0.4, -0.2) is 50.7 Å². The number of fused-ring (bicyclic) bond motifs is 2. The van der Waals surface area contributed by atoms with E-state index in [4.69, 9.17) is 14.5 Å². The van der Waals surface area contributed by atoms with E-state index in [0.29, 0.717) is 18.9 Å². The van der Waals surface area contributed by atoms with E-state index in [2.05, 4.69) is 23.1 Å². The molecule has 29 heavy (non-hydrogen) atoms. The average Bonchev–Trinajstić information content (AvgIpc) is 2.77. The average molecular weight is 394 g/mol. The van der Waals surface area contributed by atoms with Gasteiger partial charge < -0.3 is 19.4 Å². The lowest BCUT2D eigenvalue weighted by molar-refractivity contribution is -0.215. The van der Waals surface area contributed by atoms with Gasteiger partial charge in [-0.25, -0.2) is 0 Å². The summed E-state index contributed by atoms with van der Waals surface area (Å²) in [5.74, 6) is 2.26. The number of ether oxygens (including phenoxy) is 1. The van der Waals surface area contributed by atoms with Crippen molar-refractivity contribution in [1.82, 2.24) is 4.90 Å². The topological polar surface area (TPSA) is 51.2 Å². The van der Waals surface area contributed by atoms with E-state index in [1.807, 2.05) is 23.1 Å². The molecule has 152 valence electrons. The van der Waals surface area contributed by atoms with Crippen LogP contribution in [0.5, 0.6) is 11.5 Å². The van der Waals surface area contributed by atoms with Crippen molar-refractivity contribution in [3.8, 4) is 11.5 Å². The van der Waals surface area contributed by atoms with Crippen LogP contribution in [0.15, 0.2) is 36.4 Å². The molecule has 6 nitrogen and oxygen atoms in total. The van der Waals surface area contributed by atoms with Gasteiger partial charge in [0.05, 0.1) is 13.7 Å². The molecule has 1 unspecified atom stereocenters. The Bertz CT molecular complexity index is 921. The van der Waals surface area contributed by atoms with E-state index in [0.717, 1.165) is 50.5 Å². The predicted molar refractivity (Wildman–Crippen MR) is 110 cm³/mol. The van der Waals surface area contributed by atoms with Crippen molar-refractivity contribution < 1.29 is 19.3 Å². The molecule has 2 aromatic rings. The standard InChI is InChI=1S/C23H26N2O4/c1-27-18-6-5-16-13-17(20(16)15-18)14-23(26)25-10-8-24(9-11-25)21-3-2-4-22-19(21)7-12-28-29-22/h2-6,15,17H,7-14H2,1H3. The molecule has 2 aromatic carbocycles. The number of hydrogen-bond donors (Lipinski definition) is 0. The minimum atomic E-state index is 0.259. The lowest BCUT2D eigenvalue weighted by atomic mass is 9.75. The normalized spacial score (nSPS) is 20.2. The molecule has 0 N–H and O–H groups in total. The maximum absolute atomic E-state index is 12.9. The first kappa shape index (κ1) is 18.3. The number of carbonyl (C=O) groups excluding carboxylic acids is 1. The summed E-state index contributed by atoms with van der Waals surface area (Å²) in [5, 5.41) is 0. The molecule has 0 bridgehead atoms. The monoisotopic (exact) mass is 394 g/mol. The fourth-order valence-corrected chi connectivity index (χ4v) is 4.66. The summed E-state index contributed by atoms with van der Waals surface area (Å²) in [6.07, 6.45) is 2.44. The molecule has 1 aliphatic carbocycles. The molecule has 1 fully saturated rings. The second-order valence-corrected chi connectivity index (χ2v) is 7.95. The molecule has 3 aliphatic rings. The second kappa shape index (κ2) is 7.59. The quantitative estimate of drug-likeness (QED) is 0.747. The van der Waals surface area contributed by atoms with Gasteiger partial charge in [-0.15, -0.1) is 0 Å². The number of piperazine rings is 1. The van der Waals surface area contributed by atoms with E-state index in [1.165, 1.54) is 22.4 Å². The van der Waals surface area contributed by atoms with Crippen LogP contribution in [-0.2, 0) is 22.5 Å². The molecule has 1 amide bonds. The van der Waals surface area contributed by atoms with Crippen LogP contribution in [0.4, 0.5) is 5.69 Å². The first-order chi connectivity index (χ1) is 14.2. The lowest BCUT2D eigenvalue weighted by Crippen LogP contribution is -2.49. The van der Waals surface area contributed by atoms with Crippen LogP contribution in [0.2, 0.25) is 0 Å². The van der Waals surface area contributed by atoms with Gasteiger partial charge >= 0.3 is 0 Å². The number of nitrogens with zero attached hydrogens (tertiary/aromatic N) is 2. The Hall–Kier alpha value is -2.73. The van der Waals surface area contributed by atoms with Crippen LogP contribution in [0.25, 0.3) is 0 Å². The number of carbonyl (C=O) groups is 1. The van der Waals surface area contributed by atoms with E-state index in [1.54, 1.807) is 7.11 Å². The summed E-state index contributed by atoms with van der Waals surface area (Å²) in [6, 6.07) is 12.3. The Labute approximate surface area is 170 Å². The number of anilines is 1. The Kier molecular flexibility index (Phi) is 4.79. The zero-order valence-corrected chi connectivity index (χ0v) is 16.7. The van der Waals surface area contributed by atoms with Crippen molar-refractivity contribution in [1.29, 1.82) is 0 Å². The summed E-state index contributed by atoms with van der Waals surface area (Å²) >= 11 is 0. The molecular weight excluding hydrogens is 368 g/mol. The minimum Gasteiger partial charge on any atom is -0.497 e. The first-order valence-corrected chi connectivity index (χ1v) is 10.3. The highest BCUT2D eigenvalue weighted by molar-refractivity contribution is 5.78. The SMILES string of the molecule is COc1ccc2c(c1)C(CC(=O)N1CCN(c3cccc4c3CCOO4)CC1)C2. The maximum Gasteiger partial charge on any atom is 0.223 e. The largest absolute Gasteiger partial charge is 0.497 e. The Balaban J connectivity index is 1.20. The highest BCUT2D eigenvalue weighted by Gasteiger charge is 2.31. The summed E-state index contributed by atoms with van der Waals surface area (Å²) in [7, 11) is 1.68. The van der Waals surface area contributed by atoms with Crippen LogP contribution in [0.3, 0.4) is 0 Å². The summed E-state index contributed by atoms with van der Waals surface area (Å²) in [5.41, 5.74) is 5.03. The molecule has 0 radical (unpaired) electrons. The number of methoxy groups -OCH3 is 1. The molecule has 0 saturated carbocycles. The van der Waals surface area contributed by atoms with Gasteiger partial charge in [-0.05, 0) is 47.7 Å². The van der Waals surface area contributed by atoms with Crippen molar-refractivity contribution in [3.05, 3.63) is 53.1 Å². The predicted octanol–water partition coefficient (Wildman–Crippen LogP) is 2.94. The van der Waals surface area contributed by atoms with Crippen molar-refractivity contribution >= 4 is 11.6 Å². The van der Waals surface area contributed by atoms with E-state index >= 15 is 0 Å². The van der Waals surface area contributed by atoms with Crippen molar-refractivity contribution in [2.45, 2.75) is 25.2 Å². The Morgan fingerprint density at radius 2 is 2.03 bits per heavy atom. The van der Waals surface area contributed by atoms with Crippen LogP contribution < -0.4 is 14.5 Å². The minimum absolute atomic E-state index is 0.259. The molecule has 5 rings (SSSR count). The fraction of sp³-hybridized carbons (Fsp3) is 0.435. The third-order valence-corrected chi connectivity index (χ3v) is 6.35. The van der Waals surface area contributed by atoms with Gasteiger partial charge in [-0.1, -0.05) is 12.1 Å². The van der Waals surface area contributed by atoms with Crippen LogP contribution in [0.1, 0.15) is 29.0 Å². The van der Waals surface area contributed by atoms with Crippen LogP contribution in [0, 0.1) is 0 Å². The smallest absolute Gasteiger partial charge is 0.223 e. The fourth-order valence-electron chi connectivity index (χ4n) is 4.66. The lowest BCUT2D eigenvalue weighted by Gasteiger charge is -2.39. The molecule has 0 spiro atoms. The molecule has 2 heterocycles. The second-order valence-electron chi connectivity index (χ2n) is 7.95. The van der Waals surface area contributed by atoms with Gasteiger partial charge in [0.15, 0.2) is 5.75 Å². The highest BCUT2D eigenvalue weighted by Crippen LogP contribution is 2.40. The van der Waals surface area contributed by atoms with Gasteiger partial charge in [0.2, 0.25) is 5.91 Å². The number of hydrogen-bond acceptors (Lipinski definition) is 5. The third kappa shape index (κ3) is 3.42. The number of amides is 1.